The maximum Gasteiger partial charge on any atom is 0.407 e. The monoisotopic (exact) mass is 332 g/mol. The number of methoxy groups -OCH3 is 1. The molecule has 0 saturated carbocycles. The highest BCUT2D eigenvalue weighted by Crippen LogP contribution is 2.20. The Morgan fingerprint density at radius 1 is 1.42 bits per heavy atom. The summed E-state index contributed by atoms with van der Waals surface area (Å²) in [6, 6.07) is 7.45. The first-order valence-electron chi connectivity index (χ1n) is 7.85. The minimum Gasteiger partial charge on any atom is -0.465 e. The first-order chi connectivity index (χ1) is 11.6. The zero-order valence-corrected chi connectivity index (χ0v) is 13.4. The molecule has 24 heavy (non-hydrogen) atoms. The van der Waals surface area contributed by atoms with Crippen molar-refractivity contribution in [2.45, 2.75) is 19.0 Å². The fourth-order valence-corrected chi connectivity index (χ4v) is 3.02. The van der Waals surface area contributed by atoms with Gasteiger partial charge in [-0.05, 0) is 12.5 Å². The van der Waals surface area contributed by atoms with Crippen LogP contribution in [0.2, 0.25) is 0 Å². The number of hydrogen-bond donors (Lipinski definition) is 2. The molecule has 0 spiro atoms. The van der Waals surface area contributed by atoms with E-state index < -0.39 is 12.1 Å². The molecule has 1 amide bonds. The number of hydrogen-bond acceptors (Lipinski definition) is 5. The lowest BCUT2D eigenvalue weighted by atomic mass is 10.1. The minimum atomic E-state index is -0.901. The number of nitrogens with zero attached hydrogens (tertiary/aromatic N) is 3. The van der Waals surface area contributed by atoms with Crippen molar-refractivity contribution in [3.05, 3.63) is 30.0 Å². The smallest absolute Gasteiger partial charge is 0.407 e. The van der Waals surface area contributed by atoms with E-state index in [2.05, 4.69) is 10.4 Å². The van der Waals surface area contributed by atoms with Crippen molar-refractivity contribution < 1.29 is 19.4 Å². The Bertz CT molecular complexity index is 758. The van der Waals surface area contributed by atoms with Gasteiger partial charge in [-0.15, -0.1) is 0 Å². The molecular weight excluding hydrogens is 312 g/mol. The lowest BCUT2D eigenvalue weighted by Gasteiger charge is -2.31. The Labute approximate surface area is 139 Å². The van der Waals surface area contributed by atoms with Gasteiger partial charge in [0, 0.05) is 37.6 Å². The van der Waals surface area contributed by atoms with Gasteiger partial charge in [-0.25, -0.2) is 9.59 Å². The number of nitrogens with one attached hydrogen (secondary N) is 1. The summed E-state index contributed by atoms with van der Waals surface area (Å²) in [7, 11) is 1.35. The zero-order chi connectivity index (χ0) is 17.1. The van der Waals surface area contributed by atoms with Crippen molar-refractivity contribution in [1.82, 2.24) is 20.0 Å². The van der Waals surface area contributed by atoms with Crippen molar-refractivity contribution in [3.63, 3.8) is 0 Å². The summed E-state index contributed by atoms with van der Waals surface area (Å²) in [6.07, 6.45) is -0.233. The van der Waals surface area contributed by atoms with E-state index >= 15 is 0 Å². The molecule has 3 rings (SSSR count). The molecule has 0 aliphatic carbocycles. The second-order valence-electron chi connectivity index (χ2n) is 5.75. The van der Waals surface area contributed by atoms with E-state index in [9.17, 15) is 9.59 Å². The number of aryl methyl sites for hydroxylation is 1. The molecule has 1 aromatic carbocycles. The van der Waals surface area contributed by atoms with Crippen LogP contribution in [0.5, 0.6) is 0 Å². The molecule has 128 valence electrons. The van der Waals surface area contributed by atoms with Crippen LogP contribution in [0, 0.1) is 0 Å². The van der Waals surface area contributed by atoms with Gasteiger partial charge >= 0.3 is 12.1 Å². The topological polar surface area (TPSA) is 96.7 Å². The number of aromatic nitrogens is 2. The second-order valence-corrected chi connectivity index (χ2v) is 5.75. The second kappa shape index (κ2) is 6.88. The number of fused-ring (bicyclic) bond motifs is 1. The molecule has 1 aliphatic heterocycles. The molecule has 0 bridgehead atoms. The van der Waals surface area contributed by atoms with Crippen molar-refractivity contribution in [2.24, 2.45) is 0 Å². The van der Waals surface area contributed by atoms with Gasteiger partial charge in [0.05, 0.1) is 12.6 Å². The fraction of sp³-hybridized carbons (Fsp3) is 0.438. The van der Waals surface area contributed by atoms with Crippen molar-refractivity contribution in [2.75, 3.05) is 26.7 Å². The van der Waals surface area contributed by atoms with Crippen LogP contribution in [-0.4, -0.2) is 64.6 Å². The summed E-state index contributed by atoms with van der Waals surface area (Å²) in [4.78, 5) is 24.6. The van der Waals surface area contributed by atoms with Crippen LogP contribution in [0.1, 0.15) is 16.9 Å². The van der Waals surface area contributed by atoms with Gasteiger partial charge in [-0.2, -0.15) is 5.10 Å². The highest BCUT2D eigenvalue weighted by atomic mass is 16.5. The van der Waals surface area contributed by atoms with E-state index in [-0.39, 0.29) is 6.04 Å². The van der Waals surface area contributed by atoms with Crippen LogP contribution in [0.3, 0.4) is 0 Å². The number of carboxylic acid groups (broad SMARTS) is 1. The Hall–Kier alpha value is -2.61. The van der Waals surface area contributed by atoms with E-state index in [1.165, 1.54) is 12.0 Å². The number of amides is 1. The maximum absolute atomic E-state index is 12.1. The first-order valence-corrected chi connectivity index (χ1v) is 7.85. The molecule has 1 aliphatic rings. The average molecular weight is 332 g/mol. The highest BCUT2D eigenvalue weighted by Gasteiger charge is 2.24. The van der Waals surface area contributed by atoms with Crippen molar-refractivity contribution >= 4 is 23.0 Å². The third-order valence-electron chi connectivity index (χ3n) is 4.24. The van der Waals surface area contributed by atoms with E-state index in [1.54, 1.807) is 4.68 Å². The first kappa shape index (κ1) is 16.3. The fourth-order valence-electron chi connectivity index (χ4n) is 3.02. The molecule has 0 unspecified atom stereocenters. The lowest BCUT2D eigenvalue weighted by Crippen LogP contribution is -2.52. The largest absolute Gasteiger partial charge is 0.465 e. The summed E-state index contributed by atoms with van der Waals surface area (Å²) >= 11 is 0. The van der Waals surface area contributed by atoms with E-state index in [0.717, 1.165) is 10.9 Å². The molecule has 8 nitrogen and oxygen atoms in total. The normalized spacial score (nSPS) is 17.9. The average Bonchev–Trinajstić information content (AvgIpc) is 2.98. The molecule has 2 N–H and O–H groups in total. The van der Waals surface area contributed by atoms with Gasteiger partial charge in [-0.3, -0.25) is 4.68 Å². The SMILES string of the molecule is COC(=O)c1c2ccccc2nn1CC[C@@H]1CN(C(=O)O)CCN1. The number of esters is 1. The van der Waals surface area contributed by atoms with Gasteiger partial charge in [0.2, 0.25) is 0 Å². The Morgan fingerprint density at radius 3 is 2.96 bits per heavy atom. The molecule has 2 aromatic rings. The van der Waals surface area contributed by atoms with Gasteiger partial charge < -0.3 is 20.1 Å². The van der Waals surface area contributed by atoms with Gasteiger partial charge in [0.25, 0.3) is 0 Å². The lowest BCUT2D eigenvalue weighted by molar-refractivity contribution is 0.0588. The number of rotatable bonds is 4. The van der Waals surface area contributed by atoms with Crippen molar-refractivity contribution in [1.29, 1.82) is 0 Å². The molecular formula is C16H20N4O4. The number of piperazine rings is 1. The van der Waals surface area contributed by atoms with Crippen LogP contribution in [0.4, 0.5) is 4.79 Å². The molecule has 1 saturated heterocycles. The molecule has 1 fully saturated rings. The number of carbonyl (C=O) groups is 2. The Balaban J connectivity index is 1.77. The number of ether oxygens (including phenoxy) is 1. The van der Waals surface area contributed by atoms with Crippen molar-refractivity contribution in [3.8, 4) is 0 Å². The molecule has 8 heteroatoms. The third-order valence-corrected chi connectivity index (χ3v) is 4.24. The van der Waals surface area contributed by atoms with Crippen LogP contribution in [-0.2, 0) is 11.3 Å². The number of carbonyl (C=O) groups excluding carboxylic acids is 1. The summed E-state index contributed by atoms with van der Waals surface area (Å²) < 4.78 is 6.53. The van der Waals surface area contributed by atoms with E-state index in [0.29, 0.717) is 38.3 Å². The summed E-state index contributed by atoms with van der Waals surface area (Å²) in [5.41, 5.74) is 1.17. The highest BCUT2D eigenvalue weighted by molar-refractivity contribution is 6.02. The minimum absolute atomic E-state index is 0.0349. The van der Waals surface area contributed by atoms with Gasteiger partial charge in [0.15, 0.2) is 5.69 Å². The Kier molecular flexibility index (Phi) is 4.66. The van der Waals surface area contributed by atoms with Gasteiger partial charge in [-0.1, -0.05) is 18.2 Å². The number of benzene rings is 1. The molecule has 1 atom stereocenters. The quantitative estimate of drug-likeness (QED) is 0.816. The van der Waals surface area contributed by atoms with Gasteiger partial charge in [0.1, 0.15) is 0 Å². The maximum atomic E-state index is 12.1. The van der Waals surface area contributed by atoms with Crippen LogP contribution < -0.4 is 5.32 Å². The van der Waals surface area contributed by atoms with E-state index in [1.807, 2.05) is 24.3 Å². The summed E-state index contributed by atoms with van der Waals surface area (Å²) in [5, 5.41) is 17.6. The van der Waals surface area contributed by atoms with Crippen LogP contribution in [0.15, 0.2) is 24.3 Å². The zero-order valence-electron chi connectivity index (χ0n) is 13.4. The molecule has 2 heterocycles. The predicted octanol–water partition coefficient (Wildman–Crippen LogP) is 1.16. The van der Waals surface area contributed by atoms with E-state index in [4.69, 9.17) is 9.84 Å². The standard InChI is InChI=1S/C16H20N4O4/c1-24-15(21)14-12-4-2-3-5-13(12)18-20(14)8-6-11-10-19(16(22)23)9-7-17-11/h2-5,11,17H,6-10H2,1H3,(H,22,23)/t11-/m1/s1. The molecule has 0 radical (unpaired) electrons. The third kappa shape index (κ3) is 3.18. The summed E-state index contributed by atoms with van der Waals surface area (Å²) in [6.45, 7) is 2.06. The predicted molar refractivity (Wildman–Crippen MR) is 87.1 cm³/mol. The van der Waals surface area contributed by atoms with Crippen LogP contribution >= 0.6 is 0 Å². The Morgan fingerprint density at radius 2 is 2.21 bits per heavy atom. The summed E-state index contributed by atoms with van der Waals surface area (Å²) in [5.74, 6) is -0.424. The van der Waals surface area contributed by atoms with Crippen LogP contribution in [0.25, 0.3) is 10.9 Å². The molecule has 1 aromatic heterocycles.